The zero-order valence-corrected chi connectivity index (χ0v) is 14.3. The summed E-state index contributed by atoms with van der Waals surface area (Å²) in [4.78, 5) is 25.7. The summed E-state index contributed by atoms with van der Waals surface area (Å²) in [5.74, 6) is -0.521. The number of hydrogen-bond acceptors (Lipinski definition) is 5. The fourth-order valence-electron chi connectivity index (χ4n) is 1.84. The minimum absolute atomic E-state index is 0.133. The van der Waals surface area contributed by atoms with E-state index in [9.17, 15) is 9.59 Å². The van der Waals surface area contributed by atoms with Gasteiger partial charge in [0.15, 0.2) is 0 Å². The standard InChI is InChI=1S/C15H14ClNO3S2/c1-2-20-13(18)7-8-17-14(19)12(22-15(17)21)9-10-3-5-11(16)6-4-10/h3-6,9H,2,7-8H2,1H3. The van der Waals surface area contributed by atoms with Gasteiger partial charge < -0.3 is 4.74 Å². The Morgan fingerprint density at radius 2 is 2.09 bits per heavy atom. The molecule has 1 amide bonds. The third-order valence-corrected chi connectivity index (χ3v) is 4.52. The molecule has 1 aromatic rings. The first kappa shape index (κ1) is 17.0. The number of nitrogens with zero attached hydrogens (tertiary/aromatic N) is 1. The predicted molar refractivity (Wildman–Crippen MR) is 92.6 cm³/mol. The molecule has 116 valence electrons. The maximum atomic E-state index is 12.3. The molecule has 0 N–H and O–H groups in total. The second-order valence-electron chi connectivity index (χ2n) is 4.44. The van der Waals surface area contributed by atoms with Crippen LogP contribution in [0.3, 0.4) is 0 Å². The van der Waals surface area contributed by atoms with E-state index in [0.29, 0.717) is 20.9 Å². The first-order chi connectivity index (χ1) is 10.5. The topological polar surface area (TPSA) is 46.6 Å². The van der Waals surface area contributed by atoms with Crippen molar-refractivity contribution in [1.29, 1.82) is 0 Å². The maximum absolute atomic E-state index is 12.3. The van der Waals surface area contributed by atoms with E-state index in [-0.39, 0.29) is 24.8 Å². The summed E-state index contributed by atoms with van der Waals surface area (Å²) in [7, 11) is 0. The summed E-state index contributed by atoms with van der Waals surface area (Å²) in [6.45, 7) is 2.31. The lowest BCUT2D eigenvalue weighted by Crippen LogP contribution is -2.30. The molecule has 0 aliphatic carbocycles. The maximum Gasteiger partial charge on any atom is 0.307 e. The second kappa shape index (κ2) is 7.76. The van der Waals surface area contributed by atoms with Crippen molar-refractivity contribution in [2.75, 3.05) is 13.2 Å². The molecule has 1 saturated heterocycles. The average Bonchev–Trinajstić information content (AvgIpc) is 2.74. The SMILES string of the molecule is CCOC(=O)CCN1C(=O)C(=Cc2ccc(Cl)cc2)SC1=S. The van der Waals surface area contributed by atoms with Crippen molar-refractivity contribution in [2.45, 2.75) is 13.3 Å². The lowest BCUT2D eigenvalue weighted by molar-refractivity contribution is -0.143. The van der Waals surface area contributed by atoms with Crippen molar-refractivity contribution in [3.05, 3.63) is 39.8 Å². The Labute approximate surface area is 143 Å². The van der Waals surface area contributed by atoms with Crippen LogP contribution in [0.15, 0.2) is 29.2 Å². The summed E-state index contributed by atoms with van der Waals surface area (Å²) >= 11 is 12.3. The average molecular weight is 356 g/mol. The van der Waals surface area contributed by atoms with Gasteiger partial charge in [0.25, 0.3) is 5.91 Å². The molecule has 2 rings (SSSR count). The Morgan fingerprint density at radius 1 is 1.41 bits per heavy atom. The fourth-order valence-corrected chi connectivity index (χ4v) is 3.27. The first-order valence-corrected chi connectivity index (χ1v) is 8.28. The number of rotatable bonds is 5. The molecule has 0 atom stereocenters. The quantitative estimate of drug-likeness (QED) is 0.459. The smallest absolute Gasteiger partial charge is 0.307 e. The van der Waals surface area contributed by atoms with Crippen LogP contribution >= 0.6 is 35.6 Å². The molecule has 0 radical (unpaired) electrons. The number of hydrogen-bond donors (Lipinski definition) is 0. The van der Waals surface area contributed by atoms with Crippen molar-refractivity contribution < 1.29 is 14.3 Å². The molecule has 1 aliphatic rings. The number of esters is 1. The van der Waals surface area contributed by atoms with Crippen LogP contribution in [0.25, 0.3) is 6.08 Å². The molecule has 1 aromatic carbocycles. The van der Waals surface area contributed by atoms with Gasteiger partial charge in [0.2, 0.25) is 0 Å². The van der Waals surface area contributed by atoms with Crippen LogP contribution in [-0.2, 0) is 14.3 Å². The highest BCUT2D eigenvalue weighted by atomic mass is 35.5. The molecule has 1 aliphatic heterocycles. The van der Waals surface area contributed by atoms with Crippen LogP contribution in [0.5, 0.6) is 0 Å². The van der Waals surface area contributed by atoms with Crippen LogP contribution in [0.4, 0.5) is 0 Å². The zero-order valence-electron chi connectivity index (χ0n) is 11.9. The highest BCUT2D eigenvalue weighted by Gasteiger charge is 2.32. The number of ether oxygens (including phenoxy) is 1. The van der Waals surface area contributed by atoms with E-state index in [1.807, 2.05) is 12.1 Å². The molecule has 1 heterocycles. The number of carbonyl (C=O) groups is 2. The zero-order chi connectivity index (χ0) is 16.1. The van der Waals surface area contributed by atoms with Crippen LogP contribution in [0.2, 0.25) is 5.02 Å². The van der Waals surface area contributed by atoms with Gasteiger partial charge in [-0.05, 0) is 30.7 Å². The van der Waals surface area contributed by atoms with E-state index in [4.69, 9.17) is 28.6 Å². The number of amides is 1. The highest BCUT2D eigenvalue weighted by Crippen LogP contribution is 2.32. The molecule has 0 bridgehead atoms. The molecule has 1 fully saturated rings. The van der Waals surface area contributed by atoms with E-state index in [1.54, 1.807) is 25.1 Å². The van der Waals surface area contributed by atoms with Gasteiger partial charge in [0.1, 0.15) is 4.32 Å². The number of halogens is 1. The molecule has 0 aromatic heterocycles. The minimum atomic E-state index is -0.335. The van der Waals surface area contributed by atoms with Crippen LogP contribution in [0, 0.1) is 0 Å². The highest BCUT2D eigenvalue weighted by molar-refractivity contribution is 8.26. The third kappa shape index (κ3) is 4.32. The Balaban J connectivity index is 2.05. The molecule has 0 saturated carbocycles. The van der Waals surface area contributed by atoms with Crippen molar-refractivity contribution in [1.82, 2.24) is 4.90 Å². The first-order valence-electron chi connectivity index (χ1n) is 6.68. The largest absolute Gasteiger partial charge is 0.466 e. The normalized spacial score (nSPS) is 16.5. The monoisotopic (exact) mass is 355 g/mol. The molecule has 4 nitrogen and oxygen atoms in total. The van der Waals surface area contributed by atoms with E-state index < -0.39 is 0 Å². The van der Waals surface area contributed by atoms with Crippen molar-refractivity contribution >= 4 is 57.9 Å². The van der Waals surface area contributed by atoms with Gasteiger partial charge in [-0.15, -0.1) is 0 Å². The van der Waals surface area contributed by atoms with Crippen molar-refractivity contribution in [3.63, 3.8) is 0 Å². The summed E-state index contributed by atoms with van der Waals surface area (Å²) in [5, 5.41) is 0.638. The lowest BCUT2D eigenvalue weighted by atomic mass is 10.2. The third-order valence-electron chi connectivity index (χ3n) is 2.89. The number of benzene rings is 1. The minimum Gasteiger partial charge on any atom is -0.466 e. The van der Waals surface area contributed by atoms with E-state index in [2.05, 4.69) is 0 Å². The molecular weight excluding hydrogens is 342 g/mol. The van der Waals surface area contributed by atoms with E-state index in [0.717, 1.165) is 5.56 Å². The second-order valence-corrected chi connectivity index (χ2v) is 6.55. The van der Waals surface area contributed by atoms with Gasteiger partial charge in [0.05, 0.1) is 17.9 Å². The van der Waals surface area contributed by atoms with Gasteiger partial charge in [-0.3, -0.25) is 14.5 Å². The molecule has 0 spiro atoms. The number of thiocarbonyl (C=S) groups is 1. The summed E-state index contributed by atoms with van der Waals surface area (Å²) < 4.78 is 5.31. The van der Waals surface area contributed by atoms with Crippen LogP contribution in [0.1, 0.15) is 18.9 Å². The predicted octanol–water partition coefficient (Wildman–Crippen LogP) is 3.49. The Morgan fingerprint density at radius 3 is 2.73 bits per heavy atom. The molecule has 22 heavy (non-hydrogen) atoms. The Bertz CT molecular complexity index is 628. The lowest BCUT2D eigenvalue weighted by Gasteiger charge is -2.13. The number of carbonyl (C=O) groups excluding carboxylic acids is 2. The molecule has 0 unspecified atom stereocenters. The van der Waals surface area contributed by atoms with Gasteiger partial charge in [-0.1, -0.05) is 47.7 Å². The number of thioether (sulfide) groups is 1. The summed E-state index contributed by atoms with van der Waals surface area (Å²) in [5.41, 5.74) is 0.871. The molecule has 7 heteroatoms. The van der Waals surface area contributed by atoms with E-state index >= 15 is 0 Å². The van der Waals surface area contributed by atoms with Gasteiger partial charge >= 0.3 is 5.97 Å². The van der Waals surface area contributed by atoms with Gasteiger partial charge in [0, 0.05) is 11.6 Å². The van der Waals surface area contributed by atoms with Crippen molar-refractivity contribution in [2.24, 2.45) is 0 Å². The Hall–Kier alpha value is -1.37. The molecular formula is C15H14ClNO3S2. The fraction of sp³-hybridized carbons (Fsp3) is 0.267. The van der Waals surface area contributed by atoms with Crippen LogP contribution < -0.4 is 0 Å². The Kier molecular flexibility index (Phi) is 5.99. The van der Waals surface area contributed by atoms with E-state index in [1.165, 1.54) is 16.7 Å². The van der Waals surface area contributed by atoms with Gasteiger partial charge in [-0.25, -0.2) is 0 Å². The van der Waals surface area contributed by atoms with Crippen LogP contribution in [-0.4, -0.2) is 34.2 Å². The summed E-state index contributed by atoms with van der Waals surface area (Å²) in [6.07, 6.45) is 1.90. The van der Waals surface area contributed by atoms with Crippen molar-refractivity contribution in [3.8, 4) is 0 Å². The summed E-state index contributed by atoms with van der Waals surface area (Å²) in [6, 6.07) is 7.17. The van der Waals surface area contributed by atoms with Gasteiger partial charge in [-0.2, -0.15) is 0 Å².